The molecule has 19 heavy (non-hydrogen) atoms. The maximum atomic E-state index is 12.2. The number of hydroxylamine groups is 1. The molecule has 2 aliphatic heterocycles. The molecule has 1 N–H and O–H groups in total. The van der Waals surface area contributed by atoms with Crippen LogP contribution in [0.1, 0.15) is 43.7 Å². The molecule has 0 aliphatic carbocycles. The molecule has 6 heteroatoms. The summed E-state index contributed by atoms with van der Waals surface area (Å²) in [6.45, 7) is 1.59. The first kappa shape index (κ1) is 12.6. The molecule has 2 unspecified atom stereocenters. The lowest BCUT2D eigenvalue weighted by Crippen LogP contribution is -2.37. The number of hydrogen-bond acceptors (Lipinski definition) is 4. The van der Waals surface area contributed by atoms with Gasteiger partial charge >= 0.3 is 0 Å². The predicted octanol–water partition coefficient (Wildman–Crippen LogP) is 1.33. The second kappa shape index (κ2) is 5.71. The number of aryl methyl sites for hydroxylation is 1. The number of carbonyl (C=O) groups excluding carboxylic acids is 1. The topological polar surface area (TPSA) is 65.4 Å². The number of hydrogen-bond donors (Lipinski definition) is 1. The van der Waals surface area contributed by atoms with Crippen LogP contribution in [0.2, 0.25) is 0 Å². The van der Waals surface area contributed by atoms with Crippen LogP contribution in [0.25, 0.3) is 0 Å². The van der Waals surface area contributed by atoms with Crippen molar-refractivity contribution in [2.45, 2.75) is 50.9 Å². The Morgan fingerprint density at radius 1 is 1.42 bits per heavy atom. The summed E-state index contributed by atoms with van der Waals surface area (Å²) < 4.78 is 7.31. The van der Waals surface area contributed by atoms with Gasteiger partial charge in [-0.05, 0) is 31.7 Å². The van der Waals surface area contributed by atoms with Crippen LogP contribution in [0.15, 0.2) is 12.3 Å². The summed E-state index contributed by atoms with van der Waals surface area (Å²) in [6, 6.07) is 1.90. The van der Waals surface area contributed by atoms with Crippen LogP contribution in [-0.2, 0) is 20.9 Å². The highest BCUT2D eigenvalue weighted by Gasteiger charge is 2.28. The lowest BCUT2D eigenvalue weighted by atomic mass is 9.96. The maximum absolute atomic E-state index is 12.2. The molecule has 3 heterocycles. The molecular formula is C13H19N3O3. The molecule has 2 aliphatic rings. The third kappa shape index (κ3) is 2.79. The molecule has 1 amide bonds. The molecule has 1 saturated heterocycles. The lowest BCUT2D eigenvalue weighted by molar-refractivity contribution is -0.201. The van der Waals surface area contributed by atoms with Crippen molar-refractivity contribution in [3.8, 4) is 0 Å². The van der Waals surface area contributed by atoms with Crippen molar-refractivity contribution in [1.29, 1.82) is 0 Å². The zero-order chi connectivity index (χ0) is 13.1. The van der Waals surface area contributed by atoms with Gasteiger partial charge in [-0.25, -0.2) is 10.3 Å². The zero-order valence-electron chi connectivity index (χ0n) is 10.9. The van der Waals surface area contributed by atoms with E-state index >= 15 is 0 Å². The van der Waals surface area contributed by atoms with Crippen molar-refractivity contribution in [1.82, 2.24) is 15.3 Å². The summed E-state index contributed by atoms with van der Waals surface area (Å²) in [5.41, 5.74) is 3.52. The molecule has 0 radical (unpaired) electrons. The summed E-state index contributed by atoms with van der Waals surface area (Å²) in [6.07, 6.45) is 6.23. The quantitative estimate of drug-likeness (QED) is 0.837. The van der Waals surface area contributed by atoms with Crippen LogP contribution < -0.4 is 5.48 Å². The highest BCUT2D eigenvalue weighted by Crippen LogP contribution is 2.26. The van der Waals surface area contributed by atoms with Gasteiger partial charge in [-0.3, -0.25) is 9.48 Å². The monoisotopic (exact) mass is 265 g/mol. The van der Waals surface area contributed by atoms with E-state index in [1.807, 2.05) is 10.7 Å². The van der Waals surface area contributed by atoms with Gasteiger partial charge in [-0.15, -0.1) is 0 Å². The van der Waals surface area contributed by atoms with E-state index in [1.165, 1.54) is 0 Å². The average Bonchev–Trinajstić information content (AvgIpc) is 2.94. The first-order valence-corrected chi connectivity index (χ1v) is 6.93. The Kier molecular flexibility index (Phi) is 3.79. The Labute approximate surface area is 112 Å². The number of amides is 1. The minimum absolute atomic E-state index is 0.101. The Bertz CT molecular complexity index is 440. The van der Waals surface area contributed by atoms with Gasteiger partial charge in [0.1, 0.15) is 0 Å². The molecule has 3 rings (SSSR count). The average molecular weight is 265 g/mol. The van der Waals surface area contributed by atoms with Crippen molar-refractivity contribution in [3.05, 3.63) is 18.0 Å². The van der Waals surface area contributed by atoms with Crippen LogP contribution >= 0.6 is 0 Å². The number of aromatic nitrogens is 2. The van der Waals surface area contributed by atoms with E-state index in [0.29, 0.717) is 6.61 Å². The summed E-state index contributed by atoms with van der Waals surface area (Å²) >= 11 is 0. The van der Waals surface area contributed by atoms with Gasteiger partial charge in [0.05, 0.1) is 11.6 Å². The number of rotatable bonds is 3. The number of carbonyl (C=O) groups is 1. The van der Waals surface area contributed by atoms with Gasteiger partial charge in [0.25, 0.3) is 5.91 Å². The molecule has 0 spiro atoms. The summed E-state index contributed by atoms with van der Waals surface area (Å²) in [5, 5.41) is 4.21. The minimum atomic E-state index is -0.300. The molecule has 6 nitrogen and oxygen atoms in total. The zero-order valence-corrected chi connectivity index (χ0v) is 10.9. The van der Waals surface area contributed by atoms with E-state index in [-0.39, 0.29) is 18.1 Å². The van der Waals surface area contributed by atoms with Crippen molar-refractivity contribution < 1.29 is 14.4 Å². The van der Waals surface area contributed by atoms with E-state index in [4.69, 9.17) is 9.57 Å². The van der Waals surface area contributed by atoms with Crippen LogP contribution in [-0.4, -0.2) is 28.6 Å². The Morgan fingerprint density at radius 2 is 2.37 bits per heavy atom. The van der Waals surface area contributed by atoms with Gasteiger partial charge in [0.15, 0.2) is 6.29 Å². The Hall–Kier alpha value is -1.40. The van der Waals surface area contributed by atoms with E-state index < -0.39 is 0 Å². The van der Waals surface area contributed by atoms with Crippen LogP contribution in [0.5, 0.6) is 0 Å². The van der Waals surface area contributed by atoms with Crippen LogP contribution in [0, 0.1) is 0 Å². The van der Waals surface area contributed by atoms with Crippen LogP contribution in [0.3, 0.4) is 0 Å². The van der Waals surface area contributed by atoms with Gasteiger partial charge in [0, 0.05) is 25.8 Å². The molecule has 0 bridgehead atoms. The molecule has 104 valence electrons. The van der Waals surface area contributed by atoms with E-state index in [0.717, 1.165) is 44.3 Å². The standard InChI is InChI=1S/C13H19N3O3/c17-13(15-19-12-5-1-2-9-18-12)10-4-3-8-16-11(10)6-7-14-16/h6-7,10,12H,1-5,8-9H2,(H,15,17). The van der Waals surface area contributed by atoms with Crippen LogP contribution in [0.4, 0.5) is 0 Å². The van der Waals surface area contributed by atoms with Gasteiger partial charge in [-0.1, -0.05) is 0 Å². The third-order valence-corrected chi connectivity index (χ3v) is 3.71. The Morgan fingerprint density at radius 3 is 3.21 bits per heavy atom. The van der Waals surface area contributed by atoms with Gasteiger partial charge < -0.3 is 4.74 Å². The van der Waals surface area contributed by atoms with Gasteiger partial charge in [0.2, 0.25) is 0 Å². The largest absolute Gasteiger partial charge is 0.350 e. The molecule has 1 fully saturated rings. The minimum Gasteiger partial charge on any atom is -0.350 e. The number of nitrogens with zero attached hydrogens (tertiary/aromatic N) is 2. The highest BCUT2D eigenvalue weighted by atomic mass is 16.8. The predicted molar refractivity (Wildman–Crippen MR) is 67.0 cm³/mol. The molecule has 1 aromatic heterocycles. The van der Waals surface area contributed by atoms with Crippen molar-refractivity contribution in [2.75, 3.05) is 6.61 Å². The van der Waals surface area contributed by atoms with E-state index in [2.05, 4.69) is 10.6 Å². The summed E-state index contributed by atoms with van der Waals surface area (Å²) in [4.78, 5) is 17.5. The second-order valence-electron chi connectivity index (χ2n) is 5.05. The summed E-state index contributed by atoms with van der Waals surface area (Å²) in [5.74, 6) is -0.268. The molecule has 0 aromatic carbocycles. The van der Waals surface area contributed by atoms with E-state index in [9.17, 15) is 4.79 Å². The van der Waals surface area contributed by atoms with E-state index in [1.54, 1.807) is 6.20 Å². The fourth-order valence-corrected chi connectivity index (χ4v) is 2.68. The van der Waals surface area contributed by atoms with Crippen molar-refractivity contribution in [2.24, 2.45) is 0 Å². The Balaban J connectivity index is 1.56. The van der Waals surface area contributed by atoms with Crippen molar-refractivity contribution >= 4 is 5.91 Å². The fraction of sp³-hybridized carbons (Fsp3) is 0.692. The first-order chi connectivity index (χ1) is 9.34. The molecule has 1 aromatic rings. The smallest absolute Gasteiger partial charge is 0.252 e. The molecule has 2 atom stereocenters. The molecular weight excluding hydrogens is 246 g/mol. The van der Waals surface area contributed by atoms with Crippen molar-refractivity contribution in [3.63, 3.8) is 0 Å². The number of nitrogens with one attached hydrogen (secondary N) is 1. The third-order valence-electron chi connectivity index (χ3n) is 3.71. The SMILES string of the molecule is O=C(NOC1CCCCO1)C1CCCn2nccc21. The maximum Gasteiger partial charge on any atom is 0.252 e. The summed E-state index contributed by atoms with van der Waals surface area (Å²) in [7, 11) is 0. The number of fused-ring (bicyclic) bond motifs is 1. The first-order valence-electron chi connectivity index (χ1n) is 6.93. The fourth-order valence-electron chi connectivity index (χ4n) is 2.68. The highest BCUT2D eigenvalue weighted by molar-refractivity contribution is 5.82. The normalized spacial score (nSPS) is 26.7. The van der Waals surface area contributed by atoms with Gasteiger partial charge in [-0.2, -0.15) is 5.10 Å². The lowest BCUT2D eigenvalue weighted by Gasteiger charge is -2.25. The second-order valence-corrected chi connectivity index (χ2v) is 5.05. The number of ether oxygens (including phenoxy) is 1. The molecule has 0 saturated carbocycles.